The molecule has 0 bridgehead atoms. The van der Waals surface area contributed by atoms with Crippen LogP contribution < -0.4 is 15.4 Å². The van der Waals surface area contributed by atoms with Crippen molar-refractivity contribution in [1.82, 2.24) is 0 Å². The Morgan fingerprint density at radius 3 is 2.29 bits per heavy atom. The molecule has 2 aromatic carbocycles. The maximum absolute atomic E-state index is 12.4. The first-order valence-electron chi connectivity index (χ1n) is 7.46. The summed E-state index contributed by atoms with van der Waals surface area (Å²) in [4.78, 5) is 24.1. The molecule has 0 radical (unpaired) electrons. The van der Waals surface area contributed by atoms with Crippen LogP contribution in [0, 0.1) is 9.49 Å². The second-order valence-electron chi connectivity index (χ2n) is 5.53. The van der Waals surface area contributed by atoms with E-state index >= 15 is 0 Å². The topological polar surface area (TPSA) is 67.4 Å². The van der Waals surface area contributed by atoms with Gasteiger partial charge in [0.1, 0.15) is 5.75 Å². The highest BCUT2D eigenvalue weighted by Gasteiger charge is 2.11. The van der Waals surface area contributed by atoms with Gasteiger partial charge in [0.25, 0.3) is 5.91 Å². The van der Waals surface area contributed by atoms with Gasteiger partial charge in [-0.15, -0.1) is 0 Å². The third kappa shape index (κ3) is 4.70. The minimum atomic E-state index is -0.220. The van der Waals surface area contributed by atoms with Gasteiger partial charge in [0.05, 0.1) is 10.7 Å². The van der Waals surface area contributed by atoms with Crippen molar-refractivity contribution in [2.75, 3.05) is 17.7 Å². The molecular weight excluding hydrogens is 419 g/mol. The van der Waals surface area contributed by atoms with Crippen LogP contribution in [0.1, 0.15) is 24.2 Å². The SMILES string of the molecule is COc1ccc(C(=O)Nc2cccc(NC(=O)C(C)C)c2)cc1I. The first-order chi connectivity index (χ1) is 11.4. The lowest BCUT2D eigenvalue weighted by Crippen LogP contribution is -2.18. The van der Waals surface area contributed by atoms with Gasteiger partial charge in [-0.2, -0.15) is 0 Å². The van der Waals surface area contributed by atoms with E-state index in [0.29, 0.717) is 16.9 Å². The molecular formula is C18H19IN2O3. The molecule has 2 amide bonds. The zero-order valence-corrected chi connectivity index (χ0v) is 15.9. The fraction of sp³-hybridized carbons (Fsp3) is 0.222. The predicted octanol–water partition coefficient (Wildman–Crippen LogP) is 4.15. The Morgan fingerprint density at radius 1 is 1.04 bits per heavy atom. The summed E-state index contributed by atoms with van der Waals surface area (Å²) in [7, 11) is 1.59. The summed E-state index contributed by atoms with van der Waals surface area (Å²) in [5.74, 6) is 0.334. The fourth-order valence-electron chi connectivity index (χ4n) is 1.97. The summed E-state index contributed by atoms with van der Waals surface area (Å²) in [6.07, 6.45) is 0. The molecule has 0 aliphatic carbocycles. The molecule has 5 nitrogen and oxygen atoms in total. The maximum Gasteiger partial charge on any atom is 0.255 e. The van der Waals surface area contributed by atoms with Gasteiger partial charge in [0.2, 0.25) is 5.91 Å². The highest BCUT2D eigenvalue weighted by Crippen LogP contribution is 2.22. The lowest BCUT2D eigenvalue weighted by Gasteiger charge is -2.11. The van der Waals surface area contributed by atoms with Crippen LogP contribution in [0.15, 0.2) is 42.5 Å². The standard InChI is InChI=1S/C18H19IN2O3/c1-11(2)17(22)20-13-5-4-6-14(10-13)21-18(23)12-7-8-16(24-3)15(19)9-12/h4-11H,1-3H3,(H,20,22)(H,21,23). The lowest BCUT2D eigenvalue weighted by atomic mass is 10.2. The minimum absolute atomic E-state index is 0.0665. The highest BCUT2D eigenvalue weighted by atomic mass is 127. The molecule has 126 valence electrons. The minimum Gasteiger partial charge on any atom is -0.496 e. The van der Waals surface area contributed by atoms with Crippen molar-refractivity contribution in [1.29, 1.82) is 0 Å². The van der Waals surface area contributed by atoms with Crippen molar-refractivity contribution in [3.8, 4) is 5.75 Å². The zero-order chi connectivity index (χ0) is 17.7. The summed E-state index contributed by atoms with van der Waals surface area (Å²) in [6, 6.07) is 12.3. The number of ether oxygens (including phenoxy) is 1. The Balaban J connectivity index is 2.11. The van der Waals surface area contributed by atoms with Gasteiger partial charge in [-0.1, -0.05) is 19.9 Å². The Labute approximate surface area is 154 Å². The van der Waals surface area contributed by atoms with Crippen LogP contribution in [-0.2, 0) is 4.79 Å². The number of amides is 2. The van der Waals surface area contributed by atoms with E-state index in [9.17, 15) is 9.59 Å². The van der Waals surface area contributed by atoms with Crippen molar-refractivity contribution < 1.29 is 14.3 Å². The second kappa shape index (κ2) is 8.14. The molecule has 2 aromatic rings. The Bertz CT molecular complexity index is 760. The van der Waals surface area contributed by atoms with E-state index < -0.39 is 0 Å². The monoisotopic (exact) mass is 438 g/mol. The molecule has 0 unspecified atom stereocenters. The molecule has 0 spiro atoms. The summed E-state index contributed by atoms with van der Waals surface area (Å²) < 4.78 is 6.05. The quantitative estimate of drug-likeness (QED) is 0.690. The number of halogens is 1. The number of hydrogen-bond acceptors (Lipinski definition) is 3. The van der Waals surface area contributed by atoms with Gasteiger partial charge in [0, 0.05) is 22.9 Å². The van der Waals surface area contributed by atoms with Crippen LogP contribution in [-0.4, -0.2) is 18.9 Å². The molecule has 0 atom stereocenters. The molecule has 0 fully saturated rings. The number of carbonyl (C=O) groups is 2. The third-order valence-electron chi connectivity index (χ3n) is 3.33. The van der Waals surface area contributed by atoms with E-state index in [1.165, 1.54) is 0 Å². The molecule has 0 aromatic heterocycles. The first-order valence-corrected chi connectivity index (χ1v) is 8.54. The second-order valence-corrected chi connectivity index (χ2v) is 6.69. The zero-order valence-electron chi connectivity index (χ0n) is 13.7. The molecule has 0 aliphatic heterocycles. The third-order valence-corrected chi connectivity index (χ3v) is 4.17. The number of hydrogen-bond donors (Lipinski definition) is 2. The van der Waals surface area contributed by atoms with Crippen LogP contribution in [0.3, 0.4) is 0 Å². The lowest BCUT2D eigenvalue weighted by molar-refractivity contribution is -0.118. The normalized spacial score (nSPS) is 10.4. The number of benzene rings is 2. The number of methoxy groups -OCH3 is 1. The van der Waals surface area contributed by atoms with E-state index in [4.69, 9.17) is 4.74 Å². The van der Waals surface area contributed by atoms with E-state index in [1.54, 1.807) is 49.6 Å². The molecule has 6 heteroatoms. The van der Waals surface area contributed by atoms with Gasteiger partial charge < -0.3 is 15.4 Å². The maximum atomic E-state index is 12.4. The Morgan fingerprint density at radius 2 is 1.71 bits per heavy atom. The van der Waals surface area contributed by atoms with Crippen molar-refractivity contribution in [2.24, 2.45) is 5.92 Å². The Kier molecular flexibility index (Phi) is 6.19. The van der Waals surface area contributed by atoms with Crippen molar-refractivity contribution >= 4 is 45.8 Å². The number of anilines is 2. The summed E-state index contributed by atoms with van der Waals surface area (Å²) >= 11 is 2.12. The van der Waals surface area contributed by atoms with Crippen molar-refractivity contribution in [3.05, 3.63) is 51.6 Å². The number of carbonyl (C=O) groups excluding carboxylic acids is 2. The van der Waals surface area contributed by atoms with Crippen LogP contribution in [0.4, 0.5) is 11.4 Å². The smallest absolute Gasteiger partial charge is 0.255 e. The summed E-state index contributed by atoms with van der Waals surface area (Å²) in [5.41, 5.74) is 1.81. The van der Waals surface area contributed by atoms with Crippen LogP contribution >= 0.6 is 22.6 Å². The van der Waals surface area contributed by atoms with Gasteiger partial charge in [0.15, 0.2) is 0 Å². The largest absolute Gasteiger partial charge is 0.496 e. The molecule has 0 saturated carbocycles. The molecule has 0 heterocycles. The van der Waals surface area contributed by atoms with Gasteiger partial charge in [-0.3, -0.25) is 9.59 Å². The molecule has 0 aliphatic rings. The van der Waals surface area contributed by atoms with Gasteiger partial charge in [-0.25, -0.2) is 0 Å². The average molecular weight is 438 g/mol. The summed E-state index contributed by atoms with van der Waals surface area (Å²) in [5, 5.41) is 5.64. The predicted molar refractivity (Wildman–Crippen MR) is 104 cm³/mol. The first kappa shape index (κ1) is 18.3. The molecule has 24 heavy (non-hydrogen) atoms. The molecule has 2 N–H and O–H groups in total. The van der Waals surface area contributed by atoms with Crippen LogP contribution in [0.2, 0.25) is 0 Å². The average Bonchev–Trinajstić information content (AvgIpc) is 2.54. The van der Waals surface area contributed by atoms with E-state index in [-0.39, 0.29) is 17.7 Å². The van der Waals surface area contributed by atoms with Crippen molar-refractivity contribution in [2.45, 2.75) is 13.8 Å². The summed E-state index contributed by atoms with van der Waals surface area (Å²) in [6.45, 7) is 3.65. The van der Waals surface area contributed by atoms with Gasteiger partial charge >= 0.3 is 0 Å². The van der Waals surface area contributed by atoms with E-state index in [0.717, 1.165) is 9.32 Å². The highest BCUT2D eigenvalue weighted by molar-refractivity contribution is 14.1. The van der Waals surface area contributed by atoms with Gasteiger partial charge in [-0.05, 0) is 59.0 Å². The number of nitrogens with one attached hydrogen (secondary N) is 2. The van der Waals surface area contributed by atoms with Crippen LogP contribution in [0.25, 0.3) is 0 Å². The van der Waals surface area contributed by atoms with Crippen molar-refractivity contribution in [3.63, 3.8) is 0 Å². The molecule has 2 rings (SSSR count). The molecule has 0 saturated heterocycles. The van der Waals surface area contributed by atoms with Crippen LogP contribution in [0.5, 0.6) is 5.75 Å². The van der Waals surface area contributed by atoms with E-state index in [2.05, 4.69) is 33.2 Å². The van der Waals surface area contributed by atoms with E-state index in [1.807, 2.05) is 13.8 Å². The fourth-order valence-corrected chi connectivity index (χ4v) is 2.71. The number of rotatable bonds is 5. The Hall–Kier alpha value is -2.09.